The van der Waals surface area contributed by atoms with E-state index in [0.717, 1.165) is 0 Å². The van der Waals surface area contributed by atoms with Crippen LogP contribution in [0.4, 0.5) is 0 Å². The maximum Gasteiger partial charge on any atom is 0.276 e. The molecule has 25 heavy (non-hydrogen) atoms. The Labute approximate surface area is 152 Å². The normalized spacial score (nSPS) is 11.5. The maximum atomic E-state index is 6.40. The van der Waals surface area contributed by atoms with Crippen molar-refractivity contribution in [3.63, 3.8) is 0 Å². The molecule has 0 fully saturated rings. The van der Waals surface area contributed by atoms with E-state index in [9.17, 15) is 0 Å². The molecule has 2 N–H and O–H groups in total. The molecule has 8 nitrogen and oxygen atoms in total. The van der Waals surface area contributed by atoms with Crippen LogP contribution in [0.15, 0.2) is 35.4 Å². The van der Waals surface area contributed by atoms with Crippen molar-refractivity contribution in [3.05, 3.63) is 46.7 Å². The predicted molar refractivity (Wildman–Crippen MR) is 93.2 cm³/mol. The Hall–Kier alpha value is -2.42. The first-order valence-corrected chi connectivity index (χ1v) is 8.25. The monoisotopic (exact) mass is 377 g/mol. The summed E-state index contributed by atoms with van der Waals surface area (Å²) in [6.07, 6.45) is 5.35. The molecular formula is C15H13Cl2N7O. The summed E-state index contributed by atoms with van der Waals surface area (Å²) in [5.74, 6) is 0.730. The van der Waals surface area contributed by atoms with Gasteiger partial charge in [-0.3, -0.25) is 4.68 Å². The molecule has 0 bridgehead atoms. The zero-order valence-corrected chi connectivity index (χ0v) is 14.4. The van der Waals surface area contributed by atoms with Gasteiger partial charge in [-0.1, -0.05) is 28.4 Å². The molecule has 0 aliphatic heterocycles. The van der Waals surface area contributed by atoms with E-state index >= 15 is 0 Å². The summed E-state index contributed by atoms with van der Waals surface area (Å²) in [5, 5.41) is 10.2. The number of imidazole rings is 1. The fraction of sp³-hybridized carbons (Fsp3) is 0.200. The van der Waals surface area contributed by atoms with Gasteiger partial charge in [-0.15, -0.1) is 0 Å². The van der Waals surface area contributed by atoms with E-state index in [4.69, 9.17) is 33.5 Å². The van der Waals surface area contributed by atoms with Crippen LogP contribution in [-0.4, -0.2) is 29.5 Å². The van der Waals surface area contributed by atoms with Crippen LogP contribution in [0.2, 0.25) is 10.0 Å². The molecule has 0 spiro atoms. The largest absolute Gasteiger partial charge is 0.336 e. The molecule has 0 radical (unpaired) electrons. The van der Waals surface area contributed by atoms with Gasteiger partial charge in [0.25, 0.3) is 5.89 Å². The summed E-state index contributed by atoms with van der Waals surface area (Å²) in [5.41, 5.74) is 6.88. The van der Waals surface area contributed by atoms with Crippen LogP contribution in [-0.2, 0) is 19.6 Å². The van der Waals surface area contributed by atoms with Crippen molar-refractivity contribution in [1.82, 2.24) is 29.5 Å². The molecule has 3 aromatic heterocycles. The molecule has 0 saturated carbocycles. The Morgan fingerprint density at radius 2 is 2.08 bits per heavy atom. The quantitative estimate of drug-likeness (QED) is 0.573. The summed E-state index contributed by atoms with van der Waals surface area (Å²) < 4.78 is 9.08. The fourth-order valence-corrected chi connectivity index (χ4v) is 3.20. The van der Waals surface area contributed by atoms with E-state index in [1.807, 2.05) is 10.8 Å². The molecule has 0 atom stereocenters. The minimum absolute atomic E-state index is 0.185. The number of nitrogens with two attached hydrogens (primary N) is 1. The Balaban J connectivity index is 1.85. The number of aromatic nitrogens is 6. The van der Waals surface area contributed by atoms with Crippen molar-refractivity contribution in [2.24, 2.45) is 5.73 Å². The first-order chi connectivity index (χ1) is 12.2. The molecule has 10 heteroatoms. The van der Waals surface area contributed by atoms with Crippen LogP contribution in [0.5, 0.6) is 0 Å². The highest BCUT2D eigenvalue weighted by molar-refractivity contribution is 6.39. The van der Waals surface area contributed by atoms with Gasteiger partial charge in [-0.25, -0.2) is 4.98 Å². The number of benzene rings is 1. The molecule has 1 aromatic carbocycles. The van der Waals surface area contributed by atoms with E-state index in [1.54, 1.807) is 29.3 Å². The molecule has 0 saturated heterocycles. The van der Waals surface area contributed by atoms with Crippen LogP contribution in [0, 0.1) is 0 Å². The van der Waals surface area contributed by atoms with Gasteiger partial charge in [0, 0.05) is 24.0 Å². The van der Waals surface area contributed by atoms with Gasteiger partial charge >= 0.3 is 0 Å². The van der Waals surface area contributed by atoms with Crippen LogP contribution >= 0.6 is 23.2 Å². The number of halogens is 2. The van der Waals surface area contributed by atoms with Gasteiger partial charge in [-0.05, 0) is 12.1 Å². The minimum atomic E-state index is 0.185. The Morgan fingerprint density at radius 3 is 2.80 bits per heavy atom. The lowest BCUT2D eigenvalue weighted by Crippen LogP contribution is -2.09. The first-order valence-electron chi connectivity index (χ1n) is 7.50. The fourth-order valence-electron chi connectivity index (χ4n) is 2.62. The van der Waals surface area contributed by atoms with Crippen molar-refractivity contribution in [2.75, 3.05) is 0 Å². The van der Waals surface area contributed by atoms with E-state index in [-0.39, 0.29) is 6.54 Å². The number of rotatable bonds is 5. The van der Waals surface area contributed by atoms with Gasteiger partial charge in [0.15, 0.2) is 5.82 Å². The number of fused-ring (bicyclic) bond motifs is 1. The number of aryl methyl sites for hydroxylation is 2. The average molecular weight is 378 g/mol. The summed E-state index contributed by atoms with van der Waals surface area (Å²) in [6.45, 7) is 1.42. The lowest BCUT2D eigenvalue weighted by molar-refractivity contribution is 0.417. The number of nitrogens with zero attached hydrogens (tertiary/aromatic N) is 6. The molecule has 0 amide bonds. The van der Waals surface area contributed by atoms with E-state index < -0.39 is 0 Å². The van der Waals surface area contributed by atoms with Crippen molar-refractivity contribution in [2.45, 2.75) is 19.6 Å². The third-order valence-corrected chi connectivity index (χ3v) is 4.26. The van der Waals surface area contributed by atoms with Gasteiger partial charge < -0.3 is 14.8 Å². The standard InChI is InChI=1S/C15H13Cl2N7O/c16-9-5-10(17)13-11(6-9)21-24(4-3-23-2-1-19-8-23)14(13)15-20-12(7-18)22-25-15/h1-2,5-6,8H,3-4,7,18H2. The molecule has 4 rings (SSSR count). The van der Waals surface area contributed by atoms with Gasteiger partial charge in [0.1, 0.15) is 5.69 Å². The van der Waals surface area contributed by atoms with Crippen molar-refractivity contribution in [1.29, 1.82) is 0 Å². The van der Waals surface area contributed by atoms with Crippen molar-refractivity contribution in [3.8, 4) is 11.6 Å². The van der Waals surface area contributed by atoms with Crippen LogP contribution in [0.1, 0.15) is 5.82 Å². The van der Waals surface area contributed by atoms with Crippen molar-refractivity contribution >= 4 is 34.1 Å². The summed E-state index contributed by atoms with van der Waals surface area (Å²) in [6, 6.07) is 3.41. The highest BCUT2D eigenvalue weighted by atomic mass is 35.5. The Kier molecular flexibility index (Phi) is 4.16. The van der Waals surface area contributed by atoms with Crippen LogP contribution < -0.4 is 5.73 Å². The second-order valence-corrected chi connectivity index (χ2v) is 6.22. The lowest BCUT2D eigenvalue weighted by atomic mass is 10.2. The third kappa shape index (κ3) is 2.99. The molecule has 0 unspecified atom stereocenters. The average Bonchev–Trinajstić information content (AvgIpc) is 3.31. The van der Waals surface area contributed by atoms with Gasteiger partial charge in [-0.2, -0.15) is 10.1 Å². The molecule has 4 aromatic rings. The van der Waals surface area contributed by atoms with Crippen LogP contribution in [0.25, 0.3) is 22.5 Å². The second-order valence-electron chi connectivity index (χ2n) is 5.37. The van der Waals surface area contributed by atoms with E-state index in [0.29, 0.717) is 51.4 Å². The lowest BCUT2D eigenvalue weighted by Gasteiger charge is -2.05. The molecule has 3 heterocycles. The van der Waals surface area contributed by atoms with Crippen molar-refractivity contribution < 1.29 is 4.52 Å². The highest BCUT2D eigenvalue weighted by Crippen LogP contribution is 2.35. The third-order valence-electron chi connectivity index (χ3n) is 3.74. The molecular weight excluding hydrogens is 365 g/mol. The molecule has 0 aliphatic rings. The molecule has 0 aliphatic carbocycles. The summed E-state index contributed by atoms with van der Waals surface area (Å²) in [7, 11) is 0. The number of hydrogen-bond acceptors (Lipinski definition) is 6. The minimum Gasteiger partial charge on any atom is -0.336 e. The maximum absolute atomic E-state index is 6.40. The zero-order valence-electron chi connectivity index (χ0n) is 12.9. The highest BCUT2D eigenvalue weighted by Gasteiger charge is 2.21. The Bertz CT molecular complexity index is 1020. The summed E-state index contributed by atoms with van der Waals surface area (Å²) in [4.78, 5) is 8.35. The summed E-state index contributed by atoms with van der Waals surface area (Å²) >= 11 is 12.5. The van der Waals surface area contributed by atoms with Gasteiger partial charge in [0.2, 0.25) is 0 Å². The smallest absolute Gasteiger partial charge is 0.276 e. The molecule has 128 valence electrons. The predicted octanol–water partition coefficient (Wildman–Crippen LogP) is 2.75. The first kappa shape index (κ1) is 16.1. The second kappa shape index (κ2) is 6.47. The number of hydrogen-bond donors (Lipinski definition) is 1. The van der Waals surface area contributed by atoms with Gasteiger partial charge in [0.05, 0.1) is 35.3 Å². The van der Waals surface area contributed by atoms with E-state index in [2.05, 4.69) is 20.2 Å². The Morgan fingerprint density at radius 1 is 1.20 bits per heavy atom. The zero-order chi connectivity index (χ0) is 17.4. The van der Waals surface area contributed by atoms with E-state index in [1.165, 1.54) is 0 Å². The topological polar surface area (TPSA) is 101 Å². The van der Waals surface area contributed by atoms with Crippen LogP contribution in [0.3, 0.4) is 0 Å². The SMILES string of the molecule is NCc1noc(-c2c3c(Cl)cc(Cl)cc3nn2CCn2ccnc2)n1.